The van der Waals surface area contributed by atoms with Gasteiger partial charge in [0.15, 0.2) is 0 Å². The average Bonchev–Trinajstić information content (AvgIpc) is 2.77. The van der Waals surface area contributed by atoms with Crippen LogP contribution in [-0.4, -0.2) is 53.7 Å². The van der Waals surface area contributed by atoms with Crippen molar-refractivity contribution in [1.29, 1.82) is 0 Å². The first-order chi connectivity index (χ1) is 15.8. The van der Waals surface area contributed by atoms with Crippen LogP contribution >= 0.6 is 9.24 Å². The van der Waals surface area contributed by atoms with E-state index in [2.05, 4.69) is 31.4 Å². The monoisotopic (exact) mass is 466 g/mol. The predicted molar refractivity (Wildman–Crippen MR) is 138 cm³/mol. The lowest BCUT2D eigenvalue weighted by Gasteiger charge is -2.35. The lowest BCUT2D eigenvalue weighted by atomic mass is 10.1. The van der Waals surface area contributed by atoms with E-state index < -0.39 is 11.5 Å². The molecule has 0 radical (unpaired) electrons. The van der Waals surface area contributed by atoms with Gasteiger partial charge >= 0.3 is 0 Å². The number of carbonyl (C=O) groups excluding carboxylic acids is 1. The number of amides is 1. The summed E-state index contributed by atoms with van der Waals surface area (Å²) in [4.78, 5) is 31.3. The molecule has 1 amide bonds. The standard InChI is InChI=1S/C25H31N4O3P/c1-16(2)15-29-20-7-5-4-6-18(20)23(30)22(25(29)32)24(31)26-19-14-17(33)8-9-21(19)28-12-10-27(3)11-13-28/h4-9,14,16,30H,10-13,15,33H2,1-3H3,(H,26,31). The number of piperazine rings is 1. The number of aromatic hydroxyl groups is 1. The highest BCUT2D eigenvalue weighted by Gasteiger charge is 2.24. The maximum Gasteiger partial charge on any atom is 0.267 e. The summed E-state index contributed by atoms with van der Waals surface area (Å²) in [5, 5.41) is 15.3. The van der Waals surface area contributed by atoms with E-state index >= 15 is 0 Å². The van der Waals surface area contributed by atoms with Crippen LogP contribution in [-0.2, 0) is 6.54 Å². The molecule has 2 heterocycles. The van der Waals surface area contributed by atoms with E-state index in [1.54, 1.807) is 22.8 Å². The summed E-state index contributed by atoms with van der Waals surface area (Å²) in [5.41, 5.74) is 1.44. The molecule has 3 aromatic rings. The summed E-state index contributed by atoms with van der Waals surface area (Å²) in [6.07, 6.45) is 0. The fourth-order valence-electron chi connectivity index (χ4n) is 4.30. The molecule has 2 N–H and O–H groups in total. The molecule has 33 heavy (non-hydrogen) atoms. The zero-order chi connectivity index (χ0) is 23.7. The third-order valence-electron chi connectivity index (χ3n) is 6.03. The Morgan fingerprint density at radius 3 is 2.52 bits per heavy atom. The third-order valence-corrected chi connectivity index (χ3v) is 6.39. The van der Waals surface area contributed by atoms with Crippen LogP contribution < -0.4 is 21.1 Å². The normalized spacial score (nSPS) is 14.8. The molecule has 1 aliphatic rings. The molecule has 0 aliphatic carbocycles. The van der Waals surface area contributed by atoms with Crippen molar-refractivity contribution in [2.45, 2.75) is 20.4 Å². The zero-order valence-corrected chi connectivity index (χ0v) is 20.5. The Balaban J connectivity index is 1.76. The van der Waals surface area contributed by atoms with Crippen LogP contribution in [0.1, 0.15) is 24.2 Å². The second kappa shape index (κ2) is 9.54. The van der Waals surface area contributed by atoms with E-state index in [9.17, 15) is 14.7 Å². The van der Waals surface area contributed by atoms with Gasteiger partial charge in [0.25, 0.3) is 11.5 Å². The second-order valence-electron chi connectivity index (χ2n) is 9.07. The van der Waals surface area contributed by atoms with Crippen molar-refractivity contribution in [3.63, 3.8) is 0 Å². The van der Waals surface area contributed by atoms with Crippen molar-refractivity contribution < 1.29 is 9.90 Å². The molecule has 0 spiro atoms. The summed E-state index contributed by atoms with van der Waals surface area (Å²) in [7, 11) is 4.73. The van der Waals surface area contributed by atoms with Gasteiger partial charge in [0.2, 0.25) is 0 Å². The summed E-state index contributed by atoms with van der Waals surface area (Å²) in [6, 6.07) is 13.0. The van der Waals surface area contributed by atoms with E-state index in [1.807, 2.05) is 38.1 Å². The fraction of sp³-hybridized carbons (Fsp3) is 0.360. The predicted octanol–water partition coefficient (Wildman–Crippen LogP) is 2.87. The molecule has 8 heteroatoms. The largest absolute Gasteiger partial charge is 0.506 e. The number of carbonyl (C=O) groups is 1. The molecule has 0 bridgehead atoms. The minimum atomic E-state index is -0.605. The minimum Gasteiger partial charge on any atom is -0.506 e. The Hall–Kier alpha value is -2.89. The zero-order valence-electron chi connectivity index (χ0n) is 19.3. The topological polar surface area (TPSA) is 77.8 Å². The molecule has 2 aromatic carbocycles. The fourth-order valence-corrected chi connectivity index (χ4v) is 4.57. The number of rotatable bonds is 5. The number of aromatic nitrogens is 1. The van der Waals surface area contributed by atoms with Gasteiger partial charge in [0.05, 0.1) is 16.9 Å². The number of hydrogen-bond acceptors (Lipinski definition) is 5. The number of pyridine rings is 1. The first-order valence-corrected chi connectivity index (χ1v) is 11.8. The number of nitrogens with one attached hydrogen (secondary N) is 1. The molecule has 1 fully saturated rings. The molecule has 1 atom stereocenters. The summed E-state index contributed by atoms with van der Waals surface area (Å²) >= 11 is 0. The van der Waals surface area contributed by atoms with Crippen LogP contribution in [0.2, 0.25) is 0 Å². The summed E-state index contributed by atoms with van der Waals surface area (Å²) in [6.45, 7) is 8.04. The minimum absolute atomic E-state index is 0.198. The average molecular weight is 467 g/mol. The number of hydrogen-bond donors (Lipinski definition) is 2. The second-order valence-corrected chi connectivity index (χ2v) is 9.74. The number of fused-ring (bicyclic) bond motifs is 1. The van der Waals surface area contributed by atoms with Crippen LogP contribution in [0.5, 0.6) is 5.75 Å². The lowest BCUT2D eigenvalue weighted by Crippen LogP contribution is -2.44. The van der Waals surface area contributed by atoms with Gasteiger partial charge in [-0.2, -0.15) is 0 Å². The van der Waals surface area contributed by atoms with Crippen LogP contribution in [0.25, 0.3) is 10.9 Å². The van der Waals surface area contributed by atoms with Gasteiger partial charge in [-0.1, -0.05) is 32.0 Å². The molecular formula is C25H31N4O3P. The van der Waals surface area contributed by atoms with E-state index in [1.165, 1.54) is 0 Å². The van der Waals surface area contributed by atoms with Crippen molar-refractivity contribution in [1.82, 2.24) is 9.47 Å². The summed E-state index contributed by atoms with van der Waals surface area (Å²) in [5.74, 6) is -0.688. The van der Waals surface area contributed by atoms with Crippen LogP contribution in [0.15, 0.2) is 47.3 Å². The highest BCUT2D eigenvalue weighted by molar-refractivity contribution is 7.27. The Morgan fingerprint density at radius 1 is 1.12 bits per heavy atom. The van der Waals surface area contributed by atoms with Gasteiger partial charge in [0, 0.05) is 38.1 Å². The number of nitrogens with zero attached hydrogens (tertiary/aromatic N) is 3. The van der Waals surface area contributed by atoms with Crippen molar-refractivity contribution in [3.05, 3.63) is 58.4 Å². The van der Waals surface area contributed by atoms with Gasteiger partial charge in [0.1, 0.15) is 11.3 Å². The van der Waals surface area contributed by atoms with Gasteiger partial charge in [-0.25, -0.2) is 0 Å². The maximum atomic E-state index is 13.4. The van der Waals surface area contributed by atoms with E-state index in [0.717, 1.165) is 37.2 Å². The van der Waals surface area contributed by atoms with Crippen LogP contribution in [0.3, 0.4) is 0 Å². The van der Waals surface area contributed by atoms with Crippen molar-refractivity contribution in [2.75, 3.05) is 43.4 Å². The summed E-state index contributed by atoms with van der Waals surface area (Å²) < 4.78 is 1.59. The van der Waals surface area contributed by atoms with Crippen molar-refractivity contribution in [3.8, 4) is 5.75 Å². The van der Waals surface area contributed by atoms with E-state index in [-0.39, 0.29) is 17.2 Å². The number of anilines is 2. The van der Waals surface area contributed by atoms with Gasteiger partial charge < -0.3 is 24.8 Å². The quantitative estimate of drug-likeness (QED) is 0.566. The molecule has 1 saturated heterocycles. The van der Waals surface area contributed by atoms with Gasteiger partial charge in [-0.05, 0) is 42.5 Å². The Morgan fingerprint density at radius 2 is 1.82 bits per heavy atom. The SMILES string of the molecule is CC(C)Cn1c(=O)c(C(=O)Nc2cc(P)ccc2N2CCN(C)CC2)c(O)c2ccccc21. The molecule has 1 unspecified atom stereocenters. The number of para-hydroxylation sites is 1. The van der Waals surface area contributed by atoms with Crippen molar-refractivity contribution in [2.24, 2.45) is 5.92 Å². The van der Waals surface area contributed by atoms with Crippen LogP contribution in [0.4, 0.5) is 11.4 Å². The molecule has 7 nitrogen and oxygen atoms in total. The third kappa shape index (κ3) is 4.75. The van der Waals surface area contributed by atoms with Gasteiger partial charge in [-0.15, -0.1) is 9.24 Å². The highest BCUT2D eigenvalue weighted by atomic mass is 31.0. The molecule has 4 rings (SSSR count). The highest BCUT2D eigenvalue weighted by Crippen LogP contribution is 2.30. The molecule has 1 aromatic heterocycles. The lowest BCUT2D eigenvalue weighted by molar-refractivity contribution is 0.102. The van der Waals surface area contributed by atoms with Gasteiger partial charge in [-0.3, -0.25) is 9.59 Å². The Labute approximate surface area is 196 Å². The van der Waals surface area contributed by atoms with E-state index in [0.29, 0.717) is 23.1 Å². The Kier molecular flexibility index (Phi) is 6.73. The Bertz CT molecular complexity index is 1250. The van der Waals surface area contributed by atoms with E-state index in [4.69, 9.17) is 0 Å². The number of likely N-dealkylation sites (N-methyl/N-ethyl adjacent to an activating group) is 1. The van der Waals surface area contributed by atoms with Crippen molar-refractivity contribution >= 4 is 42.7 Å². The first-order valence-electron chi connectivity index (χ1n) is 11.2. The molecule has 174 valence electrons. The first kappa shape index (κ1) is 23.3. The van der Waals surface area contributed by atoms with Crippen LogP contribution in [0, 0.1) is 5.92 Å². The smallest absolute Gasteiger partial charge is 0.267 e. The number of benzene rings is 2. The molecule has 1 aliphatic heterocycles. The maximum absolute atomic E-state index is 13.4. The molecule has 0 saturated carbocycles. The molecular weight excluding hydrogens is 435 g/mol.